The minimum atomic E-state index is -1.37. The van der Waals surface area contributed by atoms with E-state index in [0.717, 1.165) is 51.4 Å². The summed E-state index contributed by atoms with van der Waals surface area (Å²) in [7, 11) is 0. The molecule has 0 bridgehead atoms. The molecule has 4 nitrogen and oxygen atoms in total. The fourth-order valence-corrected chi connectivity index (χ4v) is 3.26. The highest BCUT2D eigenvalue weighted by Gasteiger charge is 2.45. The molecule has 0 heterocycles. The zero-order valence-electron chi connectivity index (χ0n) is 18.8. The Bertz CT molecular complexity index is 519. The minimum absolute atomic E-state index is 0.217. The van der Waals surface area contributed by atoms with Crippen molar-refractivity contribution in [1.82, 2.24) is 0 Å². The van der Waals surface area contributed by atoms with Crippen molar-refractivity contribution in [2.45, 2.75) is 97.8 Å². The number of allylic oxidation sites excluding steroid dienone is 6. The van der Waals surface area contributed by atoms with E-state index in [1.54, 1.807) is 13.8 Å². The van der Waals surface area contributed by atoms with Gasteiger partial charge in [0.25, 0.3) is 0 Å². The van der Waals surface area contributed by atoms with Crippen LogP contribution in [0.3, 0.4) is 0 Å². The number of hydrogen-bond acceptors (Lipinski definition) is 3. The number of carboxylic acids is 1. The molecule has 0 radical (unpaired) electrons. The second-order valence-corrected chi connectivity index (χ2v) is 7.42. The van der Waals surface area contributed by atoms with E-state index < -0.39 is 17.4 Å². The van der Waals surface area contributed by atoms with Gasteiger partial charge < -0.3 is 9.84 Å². The van der Waals surface area contributed by atoms with Crippen molar-refractivity contribution in [3.63, 3.8) is 0 Å². The predicted molar refractivity (Wildman–Crippen MR) is 121 cm³/mol. The Morgan fingerprint density at radius 1 is 0.793 bits per heavy atom. The first-order valence-corrected chi connectivity index (χ1v) is 11.4. The topological polar surface area (TPSA) is 63.6 Å². The fourth-order valence-electron chi connectivity index (χ4n) is 3.26. The molecule has 0 aliphatic heterocycles. The molecule has 0 saturated heterocycles. The minimum Gasteiger partial charge on any atom is -0.480 e. The van der Waals surface area contributed by atoms with E-state index in [9.17, 15) is 14.7 Å². The molecule has 1 atom stereocenters. The average Bonchev–Trinajstić information content (AvgIpc) is 2.70. The summed E-state index contributed by atoms with van der Waals surface area (Å²) in [6.45, 7) is 5.82. The van der Waals surface area contributed by atoms with E-state index >= 15 is 0 Å². The molecule has 0 rings (SSSR count). The molecule has 0 aliphatic carbocycles. The summed E-state index contributed by atoms with van der Waals surface area (Å²) in [4.78, 5) is 23.8. The van der Waals surface area contributed by atoms with Gasteiger partial charge in [0.15, 0.2) is 5.41 Å². The van der Waals surface area contributed by atoms with Crippen molar-refractivity contribution < 1.29 is 19.4 Å². The highest BCUT2D eigenvalue weighted by molar-refractivity contribution is 5.99. The summed E-state index contributed by atoms with van der Waals surface area (Å²) in [5.41, 5.74) is -1.37. The van der Waals surface area contributed by atoms with Gasteiger partial charge >= 0.3 is 11.9 Å². The molecule has 29 heavy (non-hydrogen) atoms. The lowest BCUT2D eigenvalue weighted by molar-refractivity contribution is -0.169. The van der Waals surface area contributed by atoms with Crippen LogP contribution in [0.25, 0.3) is 0 Å². The molecular weight excluding hydrogens is 364 g/mol. The van der Waals surface area contributed by atoms with Gasteiger partial charge in [0.05, 0.1) is 6.61 Å². The van der Waals surface area contributed by atoms with E-state index in [4.69, 9.17) is 4.74 Å². The van der Waals surface area contributed by atoms with Gasteiger partial charge in [-0.25, -0.2) is 0 Å². The molecule has 4 heteroatoms. The fraction of sp³-hybridized carbons (Fsp3) is 0.680. The zero-order chi connectivity index (χ0) is 21.8. The molecule has 1 N–H and O–H groups in total. The number of carbonyl (C=O) groups excluding carboxylic acids is 1. The number of esters is 1. The number of ether oxygens (including phenoxy) is 1. The van der Waals surface area contributed by atoms with Crippen LogP contribution in [0.2, 0.25) is 0 Å². The van der Waals surface area contributed by atoms with Crippen LogP contribution < -0.4 is 0 Å². The van der Waals surface area contributed by atoms with Crippen LogP contribution in [0.15, 0.2) is 36.5 Å². The van der Waals surface area contributed by atoms with Crippen LogP contribution in [-0.2, 0) is 14.3 Å². The number of carbonyl (C=O) groups is 2. The lowest BCUT2D eigenvalue weighted by Gasteiger charge is -2.25. The first kappa shape index (κ1) is 27.2. The Kier molecular flexibility index (Phi) is 17.1. The van der Waals surface area contributed by atoms with Crippen LogP contribution >= 0.6 is 0 Å². The van der Waals surface area contributed by atoms with Gasteiger partial charge in [0.1, 0.15) is 0 Å². The Balaban J connectivity index is 3.83. The van der Waals surface area contributed by atoms with E-state index in [2.05, 4.69) is 43.4 Å². The molecule has 1 unspecified atom stereocenters. The number of carboxylic acid groups (broad SMARTS) is 1. The number of unbranched alkanes of at least 4 members (excludes halogenated alkanes) is 6. The summed E-state index contributed by atoms with van der Waals surface area (Å²) in [5.74, 6) is -1.65. The smallest absolute Gasteiger partial charge is 0.323 e. The lowest BCUT2D eigenvalue weighted by atomic mass is 9.80. The number of rotatable bonds is 18. The zero-order valence-corrected chi connectivity index (χ0v) is 18.8. The predicted octanol–water partition coefficient (Wildman–Crippen LogP) is 7.01. The average molecular weight is 407 g/mol. The molecule has 0 spiro atoms. The molecule has 0 fully saturated rings. The van der Waals surface area contributed by atoms with E-state index in [-0.39, 0.29) is 13.0 Å². The lowest BCUT2D eigenvalue weighted by Crippen LogP contribution is -2.40. The van der Waals surface area contributed by atoms with E-state index in [1.165, 1.54) is 12.8 Å². The summed E-state index contributed by atoms with van der Waals surface area (Å²) < 4.78 is 5.01. The van der Waals surface area contributed by atoms with Gasteiger partial charge in [-0.3, -0.25) is 9.59 Å². The summed E-state index contributed by atoms with van der Waals surface area (Å²) in [5, 5.41) is 9.53. The second kappa shape index (κ2) is 18.2. The Morgan fingerprint density at radius 2 is 1.34 bits per heavy atom. The normalized spacial score (nSPS) is 14.0. The maximum atomic E-state index is 12.1. The van der Waals surface area contributed by atoms with Crippen molar-refractivity contribution in [2.75, 3.05) is 6.61 Å². The standard InChI is InChI=1S/C25H42O4/c1-4-7-8-9-10-11-12-13-14-15-16-17-18-19-20-21-22-25(5-2,23(26)27)24(28)29-6-3/h7-8,10-11,13-14H,4-6,9,12,15-22H2,1-3H3,(H,26,27)/b8-7-,11-10-,14-13-. The third-order valence-electron chi connectivity index (χ3n) is 5.18. The third kappa shape index (κ3) is 12.4. The molecule has 0 aromatic heterocycles. The summed E-state index contributed by atoms with van der Waals surface area (Å²) >= 11 is 0. The number of aliphatic carboxylic acids is 1. The Morgan fingerprint density at radius 3 is 1.90 bits per heavy atom. The molecular formula is C25H42O4. The van der Waals surface area contributed by atoms with Crippen molar-refractivity contribution in [2.24, 2.45) is 5.41 Å². The maximum Gasteiger partial charge on any atom is 0.323 e. The van der Waals surface area contributed by atoms with Crippen molar-refractivity contribution in [3.05, 3.63) is 36.5 Å². The first-order valence-electron chi connectivity index (χ1n) is 11.4. The van der Waals surface area contributed by atoms with Crippen LogP contribution in [-0.4, -0.2) is 23.7 Å². The van der Waals surface area contributed by atoms with E-state index in [1.807, 2.05) is 0 Å². The quantitative estimate of drug-likeness (QED) is 0.115. The van der Waals surface area contributed by atoms with Crippen LogP contribution in [0.5, 0.6) is 0 Å². The van der Waals surface area contributed by atoms with Crippen molar-refractivity contribution in [1.29, 1.82) is 0 Å². The van der Waals surface area contributed by atoms with Gasteiger partial charge in [-0.05, 0) is 51.9 Å². The van der Waals surface area contributed by atoms with Gasteiger partial charge in [-0.2, -0.15) is 0 Å². The van der Waals surface area contributed by atoms with Crippen LogP contribution in [0.4, 0.5) is 0 Å². The summed E-state index contributed by atoms with van der Waals surface area (Å²) in [6.07, 6.45) is 24.5. The molecule has 0 aromatic carbocycles. The Labute approximate surface area is 178 Å². The largest absolute Gasteiger partial charge is 0.480 e. The van der Waals surface area contributed by atoms with Gasteiger partial charge in [-0.1, -0.05) is 82.4 Å². The maximum absolute atomic E-state index is 12.1. The molecule has 166 valence electrons. The van der Waals surface area contributed by atoms with Gasteiger partial charge in [0.2, 0.25) is 0 Å². The second-order valence-electron chi connectivity index (χ2n) is 7.42. The Hall–Kier alpha value is -1.84. The van der Waals surface area contributed by atoms with Crippen LogP contribution in [0, 0.1) is 5.41 Å². The molecule has 0 aliphatic rings. The molecule has 0 saturated carbocycles. The highest BCUT2D eigenvalue weighted by atomic mass is 16.5. The molecule has 0 amide bonds. The van der Waals surface area contributed by atoms with Gasteiger partial charge in [0, 0.05) is 0 Å². The van der Waals surface area contributed by atoms with Crippen LogP contribution in [0.1, 0.15) is 97.8 Å². The third-order valence-corrected chi connectivity index (χ3v) is 5.18. The first-order chi connectivity index (χ1) is 14.0. The van der Waals surface area contributed by atoms with Crippen molar-refractivity contribution >= 4 is 11.9 Å². The highest BCUT2D eigenvalue weighted by Crippen LogP contribution is 2.31. The van der Waals surface area contributed by atoms with Crippen molar-refractivity contribution in [3.8, 4) is 0 Å². The van der Waals surface area contributed by atoms with Gasteiger partial charge in [-0.15, -0.1) is 0 Å². The monoisotopic (exact) mass is 406 g/mol. The van der Waals surface area contributed by atoms with E-state index in [0.29, 0.717) is 6.42 Å². The molecule has 0 aromatic rings. The summed E-state index contributed by atoms with van der Waals surface area (Å²) in [6, 6.07) is 0. The SMILES string of the molecule is CC/C=C\C/C=C\C/C=C\CCCCCCCCC(CC)(C(=O)O)C(=O)OCC. The number of hydrogen-bond donors (Lipinski definition) is 1.